The topological polar surface area (TPSA) is 35.5 Å². The lowest BCUT2D eigenvalue weighted by Gasteiger charge is -2.48. The summed E-state index contributed by atoms with van der Waals surface area (Å²) in [4.78, 5) is 11.5. The zero-order chi connectivity index (χ0) is 16.4. The highest BCUT2D eigenvalue weighted by Crippen LogP contribution is 2.49. The van der Waals surface area contributed by atoms with Crippen molar-refractivity contribution in [1.29, 1.82) is 0 Å². The monoisotopic (exact) mass is 334 g/mol. The third kappa shape index (κ3) is 3.31. The Bertz CT molecular complexity index is 584. The van der Waals surface area contributed by atoms with Gasteiger partial charge in [0.15, 0.2) is 0 Å². The number of allylic oxidation sites excluding steroid dienone is 1. The molecule has 1 heterocycles. The van der Waals surface area contributed by atoms with Gasteiger partial charge in [-0.05, 0) is 24.3 Å². The summed E-state index contributed by atoms with van der Waals surface area (Å²) in [7, 11) is 0. The third-order valence-electron chi connectivity index (χ3n) is 5.21. The Morgan fingerprint density at radius 3 is 2.78 bits per heavy atom. The van der Waals surface area contributed by atoms with Crippen LogP contribution in [0.15, 0.2) is 42.0 Å². The maximum atomic E-state index is 11.5. The van der Waals surface area contributed by atoms with Crippen LogP contribution < -0.4 is 0 Å². The Labute approximate surface area is 142 Å². The first-order chi connectivity index (χ1) is 11.1. The van der Waals surface area contributed by atoms with E-state index in [0.717, 1.165) is 0 Å². The average Bonchev–Trinajstić information content (AvgIpc) is 2.58. The molecule has 0 spiro atoms. The Morgan fingerprint density at radius 1 is 1.35 bits per heavy atom. The van der Waals surface area contributed by atoms with E-state index in [2.05, 4.69) is 32.1 Å². The molecule has 3 nitrogen and oxygen atoms in total. The molecule has 23 heavy (non-hydrogen) atoms. The standard InChI is InChI=1S/C19H23ClO3/c1-12-8-13(2)18-16(11-22-17(21)9-20)15(12)10-23-19(18)14-6-4-3-5-7-14/h3-8,12,15-16,18-19H,9-11H2,1-2H3/t12-,15+,16+,18-,19+/m0/s1. The van der Waals surface area contributed by atoms with E-state index in [0.29, 0.717) is 25.0 Å². The van der Waals surface area contributed by atoms with Gasteiger partial charge in [0.1, 0.15) is 5.88 Å². The molecule has 2 aliphatic rings. The lowest BCUT2D eigenvalue weighted by molar-refractivity contribution is -0.152. The number of hydrogen-bond acceptors (Lipinski definition) is 3. The predicted octanol–water partition coefficient (Wildman–Crippen LogP) is 3.98. The lowest BCUT2D eigenvalue weighted by atomic mass is 9.64. The van der Waals surface area contributed by atoms with Crippen molar-refractivity contribution in [1.82, 2.24) is 0 Å². The minimum absolute atomic E-state index is 0.0240. The molecule has 1 aliphatic heterocycles. The van der Waals surface area contributed by atoms with E-state index in [1.807, 2.05) is 18.2 Å². The minimum Gasteiger partial charge on any atom is -0.464 e. The van der Waals surface area contributed by atoms with Crippen LogP contribution in [0.2, 0.25) is 0 Å². The van der Waals surface area contributed by atoms with Crippen molar-refractivity contribution in [3.63, 3.8) is 0 Å². The molecule has 3 rings (SSSR count). The van der Waals surface area contributed by atoms with Gasteiger partial charge < -0.3 is 9.47 Å². The van der Waals surface area contributed by atoms with Crippen molar-refractivity contribution >= 4 is 17.6 Å². The summed E-state index contributed by atoms with van der Waals surface area (Å²) in [5.74, 6) is 0.901. The Hall–Kier alpha value is -1.32. The Morgan fingerprint density at radius 2 is 2.09 bits per heavy atom. The largest absolute Gasteiger partial charge is 0.464 e. The smallest absolute Gasteiger partial charge is 0.320 e. The second kappa shape index (κ2) is 7.06. The van der Waals surface area contributed by atoms with Crippen LogP contribution in [0.4, 0.5) is 0 Å². The number of halogens is 1. The molecule has 1 aliphatic carbocycles. The number of rotatable bonds is 4. The summed E-state index contributed by atoms with van der Waals surface area (Å²) in [6.45, 7) is 5.50. The molecule has 5 atom stereocenters. The van der Waals surface area contributed by atoms with Gasteiger partial charge in [0, 0.05) is 11.8 Å². The van der Waals surface area contributed by atoms with Crippen molar-refractivity contribution in [2.24, 2.45) is 23.7 Å². The van der Waals surface area contributed by atoms with E-state index in [9.17, 15) is 4.79 Å². The highest BCUT2D eigenvalue weighted by atomic mass is 35.5. The van der Waals surface area contributed by atoms with Crippen LogP contribution >= 0.6 is 11.6 Å². The van der Waals surface area contributed by atoms with Crippen LogP contribution in [0.1, 0.15) is 25.5 Å². The number of esters is 1. The van der Waals surface area contributed by atoms with E-state index >= 15 is 0 Å². The number of hydrogen-bond donors (Lipinski definition) is 0. The Kier molecular flexibility index (Phi) is 5.08. The number of fused-ring (bicyclic) bond motifs is 2. The predicted molar refractivity (Wildman–Crippen MR) is 90.2 cm³/mol. The van der Waals surface area contributed by atoms with Crippen molar-refractivity contribution in [2.45, 2.75) is 20.0 Å². The van der Waals surface area contributed by atoms with Crippen molar-refractivity contribution in [3.05, 3.63) is 47.5 Å². The first-order valence-corrected chi connectivity index (χ1v) is 8.71. The van der Waals surface area contributed by atoms with Crippen molar-refractivity contribution in [3.8, 4) is 0 Å². The lowest BCUT2D eigenvalue weighted by Crippen LogP contribution is -2.46. The van der Waals surface area contributed by atoms with Crippen molar-refractivity contribution in [2.75, 3.05) is 19.1 Å². The van der Waals surface area contributed by atoms with E-state index in [-0.39, 0.29) is 29.8 Å². The maximum Gasteiger partial charge on any atom is 0.320 e. The third-order valence-corrected chi connectivity index (χ3v) is 5.42. The zero-order valence-electron chi connectivity index (χ0n) is 13.6. The molecule has 4 heteroatoms. The number of benzene rings is 1. The molecule has 0 aromatic heterocycles. The molecule has 1 saturated heterocycles. The number of ether oxygens (including phenoxy) is 2. The van der Waals surface area contributed by atoms with Gasteiger partial charge in [-0.2, -0.15) is 0 Å². The fraction of sp³-hybridized carbons (Fsp3) is 0.526. The average molecular weight is 335 g/mol. The second-order valence-electron chi connectivity index (χ2n) is 6.60. The summed E-state index contributed by atoms with van der Waals surface area (Å²) in [5.41, 5.74) is 2.51. The normalized spacial score (nSPS) is 33.0. The SMILES string of the molecule is CC1=C[C@H](C)[C@H]2CO[C@H](c3ccccc3)[C@@H]1[C@@H]2COC(=O)CCl. The summed E-state index contributed by atoms with van der Waals surface area (Å²) >= 11 is 5.56. The number of carbonyl (C=O) groups is 1. The highest BCUT2D eigenvalue weighted by molar-refractivity contribution is 6.26. The van der Waals surface area contributed by atoms with Gasteiger partial charge in [-0.1, -0.05) is 48.9 Å². The molecule has 0 radical (unpaired) electrons. The van der Waals surface area contributed by atoms with Crippen LogP contribution in [0.3, 0.4) is 0 Å². The van der Waals surface area contributed by atoms with Crippen LogP contribution in [0, 0.1) is 23.7 Å². The van der Waals surface area contributed by atoms with Crippen LogP contribution in [-0.4, -0.2) is 25.1 Å². The van der Waals surface area contributed by atoms with Crippen LogP contribution in [0.5, 0.6) is 0 Å². The summed E-state index contributed by atoms with van der Waals surface area (Å²) in [6.07, 6.45) is 2.38. The molecule has 1 aromatic rings. The van der Waals surface area contributed by atoms with Gasteiger partial charge in [-0.25, -0.2) is 0 Å². The van der Waals surface area contributed by atoms with Gasteiger partial charge in [0.2, 0.25) is 0 Å². The second-order valence-corrected chi connectivity index (χ2v) is 6.87. The molecule has 1 fully saturated rings. The molecule has 0 N–H and O–H groups in total. The van der Waals surface area contributed by atoms with Gasteiger partial charge in [0.25, 0.3) is 0 Å². The Balaban J connectivity index is 1.88. The molecular formula is C19H23ClO3. The van der Waals surface area contributed by atoms with Crippen LogP contribution in [-0.2, 0) is 14.3 Å². The molecular weight excluding hydrogens is 312 g/mol. The van der Waals surface area contributed by atoms with Crippen molar-refractivity contribution < 1.29 is 14.3 Å². The minimum atomic E-state index is -0.346. The number of carbonyl (C=O) groups excluding carboxylic acids is 1. The molecule has 0 unspecified atom stereocenters. The van der Waals surface area contributed by atoms with Gasteiger partial charge >= 0.3 is 5.97 Å². The first-order valence-electron chi connectivity index (χ1n) is 8.18. The van der Waals surface area contributed by atoms with E-state index in [1.165, 1.54) is 11.1 Å². The van der Waals surface area contributed by atoms with E-state index < -0.39 is 0 Å². The molecule has 2 bridgehead atoms. The van der Waals surface area contributed by atoms with E-state index in [4.69, 9.17) is 21.1 Å². The van der Waals surface area contributed by atoms with Crippen LogP contribution in [0.25, 0.3) is 0 Å². The summed E-state index contributed by atoms with van der Waals surface area (Å²) in [6, 6.07) is 10.3. The molecule has 0 amide bonds. The maximum absolute atomic E-state index is 11.5. The van der Waals surface area contributed by atoms with E-state index in [1.54, 1.807) is 0 Å². The number of alkyl halides is 1. The first kappa shape index (κ1) is 16.5. The fourth-order valence-corrected chi connectivity index (χ4v) is 4.18. The molecule has 124 valence electrons. The molecule has 0 saturated carbocycles. The van der Waals surface area contributed by atoms with Gasteiger partial charge in [0.05, 0.1) is 19.3 Å². The zero-order valence-corrected chi connectivity index (χ0v) is 14.3. The fourth-order valence-electron chi connectivity index (χ4n) is 4.10. The van der Waals surface area contributed by atoms with Gasteiger partial charge in [-0.15, -0.1) is 11.6 Å². The molecule has 1 aromatic carbocycles. The summed E-state index contributed by atoms with van der Waals surface area (Å²) < 4.78 is 11.6. The quantitative estimate of drug-likeness (QED) is 0.474. The van der Waals surface area contributed by atoms with Gasteiger partial charge in [-0.3, -0.25) is 4.79 Å². The summed E-state index contributed by atoms with van der Waals surface area (Å²) in [5, 5.41) is 0. The highest BCUT2D eigenvalue weighted by Gasteiger charge is 2.46.